The summed E-state index contributed by atoms with van der Waals surface area (Å²) in [5.74, 6) is -4.35. The molecule has 0 spiro atoms. The zero-order chi connectivity index (χ0) is 47.8. The van der Waals surface area contributed by atoms with E-state index in [1.807, 2.05) is 13.8 Å². The molecule has 0 saturated carbocycles. The molecule has 1 fully saturated rings. The molecule has 14 N–H and O–H groups in total. The van der Waals surface area contributed by atoms with E-state index in [9.17, 15) is 59.1 Å². The van der Waals surface area contributed by atoms with Gasteiger partial charge in [0.05, 0.1) is 13.7 Å². The molecule has 1 saturated heterocycles. The Morgan fingerprint density at radius 3 is 2.09 bits per heavy atom. The molecule has 1 aromatic heterocycles. The lowest BCUT2D eigenvalue weighted by molar-refractivity contribution is -0.149. The maximum absolute atomic E-state index is 13.5. The topological polar surface area (TPSA) is 374 Å². The van der Waals surface area contributed by atoms with Crippen molar-refractivity contribution in [2.45, 2.75) is 115 Å². The molecule has 0 aliphatic carbocycles. The summed E-state index contributed by atoms with van der Waals surface area (Å²) in [6.07, 6.45) is -7.40. The lowest BCUT2D eigenvalue weighted by atomic mass is 9.99. The van der Waals surface area contributed by atoms with Crippen LogP contribution < -0.4 is 54.0 Å². The SMILES string of the molecule is COc1ccc(Cn2c(=O)ccn([C@@H]3O[C@H]([C@H](O)[C@H](NCCCNC(=O)[C@H](CC(C)C)NC(=O)[C@H](CCCN=C(N)N)NC(=O)N[C@H](C(=O)O)C(C)C)C(=O)O)[C@@H](O)[C@H]3O)c2=O)cc1. The van der Waals surface area contributed by atoms with Crippen LogP contribution in [-0.2, 0) is 30.5 Å². The van der Waals surface area contributed by atoms with Crippen molar-refractivity contribution < 1.29 is 59.0 Å². The minimum atomic E-state index is -1.98. The number of guanidine groups is 1. The van der Waals surface area contributed by atoms with Crippen molar-refractivity contribution in [2.24, 2.45) is 28.3 Å². The Morgan fingerprint density at radius 1 is 0.859 bits per heavy atom. The molecule has 1 aromatic carbocycles. The quantitative estimate of drug-likeness (QED) is 0.0268. The van der Waals surface area contributed by atoms with E-state index in [1.165, 1.54) is 7.11 Å². The maximum Gasteiger partial charge on any atom is 0.333 e. The number of carbonyl (C=O) groups excluding carboxylic acids is 3. The van der Waals surface area contributed by atoms with Crippen molar-refractivity contribution in [3.8, 4) is 5.75 Å². The molecule has 0 unspecified atom stereocenters. The molecule has 1 aliphatic heterocycles. The molecule has 0 radical (unpaired) electrons. The largest absolute Gasteiger partial charge is 0.497 e. The fourth-order valence-electron chi connectivity index (χ4n) is 6.81. The number of amides is 4. The minimum Gasteiger partial charge on any atom is -0.497 e. The van der Waals surface area contributed by atoms with Crippen LogP contribution in [0.3, 0.4) is 0 Å². The van der Waals surface area contributed by atoms with Gasteiger partial charge in [0, 0.05) is 25.4 Å². The Morgan fingerprint density at radius 2 is 1.52 bits per heavy atom. The summed E-state index contributed by atoms with van der Waals surface area (Å²) < 4.78 is 12.6. The molecule has 0 bridgehead atoms. The first-order chi connectivity index (χ1) is 30.2. The van der Waals surface area contributed by atoms with Gasteiger partial charge in [0.2, 0.25) is 11.8 Å². The monoisotopic (exact) mass is 906 g/mol. The molecule has 3 rings (SSSR count). The molecule has 2 heterocycles. The number of hydrogen-bond acceptors (Lipinski definition) is 14. The van der Waals surface area contributed by atoms with Gasteiger partial charge >= 0.3 is 23.7 Å². The number of carbonyl (C=O) groups is 5. The van der Waals surface area contributed by atoms with E-state index in [0.29, 0.717) is 11.3 Å². The zero-order valence-electron chi connectivity index (χ0n) is 36.4. The van der Waals surface area contributed by atoms with Gasteiger partial charge in [-0.2, -0.15) is 0 Å². The number of aliphatic carboxylic acids is 2. The fourth-order valence-corrected chi connectivity index (χ4v) is 6.81. The first-order valence-electron chi connectivity index (χ1n) is 20.7. The summed E-state index contributed by atoms with van der Waals surface area (Å²) in [5, 5.41) is 65.1. The van der Waals surface area contributed by atoms with Crippen LogP contribution in [0.5, 0.6) is 5.75 Å². The number of rotatable bonds is 25. The standard InChI is InChI=1S/C40H62N10O14/c1-20(2)18-25(46-34(56)24(8-6-14-45-38(41)42)47-39(61)48-27(21(3)4)36(57)58)33(55)44-16-7-15-43-28(37(59)60)29(52)32-30(53)31(54)35(64-32)49-17-13-26(51)50(40(49)62)19-22-9-11-23(63-5)12-10-22/h9-13,17,20-21,24-25,27-32,35,43,52-54H,6-8,14-16,18-19H2,1-5H3,(H,44,55)(H,46,56)(H,57,58)(H,59,60)(H4,41,42,45)(H2,47,48,61)/t24-,25-,27-,28-,29+,30-,31+,32+,35+/m0/s1. The van der Waals surface area contributed by atoms with E-state index in [0.717, 1.165) is 21.4 Å². The average Bonchev–Trinajstić information content (AvgIpc) is 3.52. The summed E-state index contributed by atoms with van der Waals surface area (Å²) in [6.45, 7) is 6.64. The fraction of sp³-hybridized carbons (Fsp3) is 0.600. The van der Waals surface area contributed by atoms with Crippen LogP contribution in [0.25, 0.3) is 0 Å². The lowest BCUT2D eigenvalue weighted by Gasteiger charge is -2.27. The number of methoxy groups -OCH3 is 1. The molecular weight excluding hydrogens is 844 g/mol. The van der Waals surface area contributed by atoms with Gasteiger partial charge in [-0.3, -0.25) is 33.3 Å². The van der Waals surface area contributed by atoms with Crippen molar-refractivity contribution >= 4 is 35.7 Å². The number of carboxylic acid groups (broad SMARTS) is 2. The summed E-state index contributed by atoms with van der Waals surface area (Å²) in [7, 11) is 1.48. The Kier molecular flexibility index (Phi) is 20.2. The van der Waals surface area contributed by atoms with E-state index >= 15 is 0 Å². The number of aromatic nitrogens is 2. The Balaban J connectivity index is 1.63. The zero-order valence-corrected chi connectivity index (χ0v) is 36.4. The second-order valence-corrected chi connectivity index (χ2v) is 16.0. The molecular formula is C40H62N10O14. The number of nitrogens with two attached hydrogens (primary N) is 2. The van der Waals surface area contributed by atoms with Crippen LogP contribution in [0.4, 0.5) is 4.79 Å². The Labute approximate surface area is 368 Å². The number of aliphatic imine (C=N–C) groups is 1. The molecule has 2 aromatic rings. The van der Waals surface area contributed by atoms with Crippen LogP contribution in [0.15, 0.2) is 51.1 Å². The van der Waals surface area contributed by atoms with Crippen molar-refractivity contribution in [3.63, 3.8) is 0 Å². The molecule has 24 nitrogen and oxygen atoms in total. The first-order valence-corrected chi connectivity index (χ1v) is 20.7. The van der Waals surface area contributed by atoms with E-state index in [-0.39, 0.29) is 63.7 Å². The van der Waals surface area contributed by atoms with Gasteiger partial charge in [-0.25, -0.2) is 14.4 Å². The van der Waals surface area contributed by atoms with E-state index in [4.69, 9.17) is 20.9 Å². The predicted octanol–water partition coefficient (Wildman–Crippen LogP) is -3.04. The number of nitrogens with one attached hydrogen (secondary N) is 5. The van der Waals surface area contributed by atoms with Crippen LogP contribution >= 0.6 is 0 Å². The molecule has 356 valence electrons. The van der Waals surface area contributed by atoms with Crippen LogP contribution in [0.2, 0.25) is 0 Å². The van der Waals surface area contributed by atoms with Gasteiger partial charge in [0.25, 0.3) is 5.56 Å². The normalized spacial score (nSPS) is 19.5. The molecule has 64 heavy (non-hydrogen) atoms. The van der Waals surface area contributed by atoms with E-state index < -0.39 is 102 Å². The second kappa shape index (κ2) is 24.7. The summed E-state index contributed by atoms with van der Waals surface area (Å²) >= 11 is 0. The number of aliphatic hydroxyl groups is 3. The van der Waals surface area contributed by atoms with Gasteiger partial charge in [0.1, 0.15) is 54.3 Å². The highest BCUT2D eigenvalue weighted by Gasteiger charge is 2.50. The highest BCUT2D eigenvalue weighted by molar-refractivity contribution is 5.92. The van der Waals surface area contributed by atoms with Gasteiger partial charge in [0.15, 0.2) is 12.2 Å². The Hall–Kier alpha value is -6.08. The highest BCUT2D eigenvalue weighted by Crippen LogP contribution is 2.31. The number of ether oxygens (including phenoxy) is 2. The van der Waals surface area contributed by atoms with Gasteiger partial charge in [-0.05, 0) is 61.8 Å². The van der Waals surface area contributed by atoms with E-state index in [2.05, 4.69) is 31.6 Å². The van der Waals surface area contributed by atoms with Crippen molar-refractivity contribution in [2.75, 3.05) is 26.7 Å². The van der Waals surface area contributed by atoms with Crippen molar-refractivity contribution in [1.29, 1.82) is 0 Å². The summed E-state index contributed by atoms with van der Waals surface area (Å²) in [6, 6.07) is 1.38. The molecule has 1 aliphatic rings. The molecule has 24 heteroatoms. The smallest absolute Gasteiger partial charge is 0.333 e. The number of benzene rings is 1. The number of hydrogen-bond donors (Lipinski definition) is 12. The second-order valence-electron chi connectivity index (χ2n) is 16.0. The summed E-state index contributed by atoms with van der Waals surface area (Å²) in [4.78, 5) is 93.6. The summed E-state index contributed by atoms with van der Waals surface area (Å²) in [5.41, 5.74) is 9.77. The van der Waals surface area contributed by atoms with Crippen LogP contribution in [0.1, 0.15) is 65.2 Å². The number of carboxylic acids is 2. The number of nitrogens with zero attached hydrogens (tertiary/aromatic N) is 3. The van der Waals surface area contributed by atoms with Crippen molar-refractivity contribution in [3.05, 3.63) is 62.9 Å². The third-order valence-electron chi connectivity index (χ3n) is 10.2. The highest BCUT2D eigenvalue weighted by atomic mass is 16.6. The maximum atomic E-state index is 13.5. The van der Waals surface area contributed by atoms with Gasteiger partial charge in [-0.1, -0.05) is 39.8 Å². The molecule has 9 atom stereocenters. The number of urea groups is 1. The first kappa shape index (κ1) is 52.3. The van der Waals surface area contributed by atoms with Crippen LogP contribution in [0, 0.1) is 11.8 Å². The Bertz CT molecular complexity index is 2040. The lowest BCUT2D eigenvalue weighted by Crippen LogP contribution is -2.57. The third kappa shape index (κ3) is 15.0. The van der Waals surface area contributed by atoms with Crippen LogP contribution in [-0.4, -0.2) is 146 Å². The number of aliphatic hydroxyl groups excluding tert-OH is 3. The van der Waals surface area contributed by atoms with E-state index in [1.54, 1.807) is 38.1 Å². The molecule has 4 amide bonds. The third-order valence-corrected chi connectivity index (χ3v) is 10.2. The predicted molar refractivity (Wildman–Crippen MR) is 229 cm³/mol. The average molecular weight is 907 g/mol. The minimum absolute atomic E-state index is 0.0225. The van der Waals surface area contributed by atoms with Gasteiger partial charge in [-0.15, -0.1) is 0 Å². The van der Waals surface area contributed by atoms with Crippen molar-refractivity contribution in [1.82, 2.24) is 35.7 Å². The van der Waals surface area contributed by atoms with Gasteiger partial charge < -0.3 is 73.1 Å².